The Morgan fingerprint density at radius 1 is 0.268 bits per heavy atom. The first-order valence-corrected chi connectivity index (χ1v) is 18.7. The lowest BCUT2D eigenvalue weighted by Gasteiger charge is -2.11. The molecule has 0 spiro atoms. The minimum absolute atomic E-state index is 0.624. The van der Waals surface area contributed by atoms with Gasteiger partial charge in [-0.05, 0) is 70.3 Å². The average molecular weight is 718 g/mol. The molecule has 0 aliphatic carbocycles. The van der Waals surface area contributed by atoms with E-state index in [4.69, 9.17) is 23.8 Å². The van der Waals surface area contributed by atoms with Crippen molar-refractivity contribution in [2.45, 2.75) is 0 Å². The molecule has 11 rings (SSSR count). The molecule has 0 bridgehead atoms. The van der Waals surface area contributed by atoms with Gasteiger partial charge >= 0.3 is 0 Å². The van der Waals surface area contributed by atoms with E-state index in [0.29, 0.717) is 17.5 Å². The van der Waals surface area contributed by atoms with Crippen molar-refractivity contribution in [3.8, 4) is 67.5 Å². The van der Waals surface area contributed by atoms with Crippen molar-refractivity contribution in [2.24, 2.45) is 0 Å². The zero-order chi connectivity index (χ0) is 37.0. The maximum absolute atomic E-state index is 6.72. The molecule has 0 unspecified atom stereocenters. The molecule has 0 radical (unpaired) electrons. The van der Waals surface area contributed by atoms with E-state index in [1.54, 1.807) is 0 Å². The van der Waals surface area contributed by atoms with E-state index in [1.165, 1.54) is 0 Å². The van der Waals surface area contributed by atoms with Crippen LogP contribution in [-0.2, 0) is 0 Å². The topological polar surface area (TPSA) is 65.0 Å². The summed E-state index contributed by atoms with van der Waals surface area (Å²) in [5.41, 5.74) is 12.7. The van der Waals surface area contributed by atoms with E-state index < -0.39 is 0 Å². The van der Waals surface area contributed by atoms with Crippen LogP contribution >= 0.6 is 0 Å². The monoisotopic (exact) mass is 717 g/mol. The van der Waals surface area contributed by atoms with Crippen LogP contribution < -0.4 is 0 Å². The molecule has 56 heavy (non-hydrogen) atoms. The highest BCUT2D eigenvalue weighted by molar-refractivity contribution is 6.17. The summed E-state index contributed by atoms with van der Waals surface area (Å²) in [6.07, 6.45) is 0. The first kappa shape index (κ1) is 31.9. The summed E-state index contributed by atoms with van der Waals surface area (Å²) in [7, 11) is 0. The van der Waals surface area contributed by atoms with Crippen LogP contribution in [0.25, 0.3) is 111 Å². The Hall–Kier alpha value is -7.63. The van der Waals surface area contributed by atoms with Gasteiger partial charge in [-0.1, -0.05) is 146 Å². The maximum Gasteiger partial charge on any atom is 0.164 e. The summed E-state index contributed by atoms with van der Waals surface area (Å²) < 4.78 is 13.0. The molecule has 3 heterocycles. The van der Waals surface area contributed by atoms with Crippen LogP contribution in [-0.4, -0.2) is 15.0 Å². The van der Waals surface area contributed by atoms with Crippen LogP contribution in [0.15, 0.2) is 197 Å². The Kier molecular flexibility index (Phi) is 7.42. The van der Waals surface area contributed by atoms with E-state index in [0.717, 1.165) is 93.9 Å². The average Bonchev–Trinajstić information content (AvgIpc) is 3.83. The number of para-hydroxylation sites is 1. The Morgan fingerprint density at radius 3 is 1.38 bits per heavy atom. The second-order valence-corrected chi connectivity index (χ2v) is 14.0. The zero-order valence-electron chi connectivity index (χ0n) is 30.1. The summed E-state index contributed by atoms with van der Waals surface area (Å²) in [5, 5.41) is 4.20. The molecule has 0 aliphatic rings. The number of rotatable bonds is 6. The van der Waals surface area contributed by atoms with E-state index >= 15 is 0 Å². The van der Waals surface area contributed by atoms with Gasteiger partial charge in [0.15, 0.2) is 17.5 Å². The van der Waals surface area contributed by atoms with Crippen LogP contribution in [0.1, 0.15) is 0 Å². The SMILES string of the molecule is c1ccc(-c2nc(-c3ccccc3)nc(-c3cccc(-c4cccc(-c5cc(-c6ccccc6)c6oc7cc8c(cc7c6c5)oc5ccccc58)c4)c3)n2)cc1. The van der Waals surface area contributed by atoms with Crippen molar-refractivity contribution in [1.82, 2.24) is 15.0 Å². The molecule has 0 atom stereocenters. The van der Waals surface area contributed by atoms with Gasteiger partial charge in [-0.2, -0.15) is 0 Å². The van der Waals surface area contributed by atoms with Crippen molar-refractivity contribution in [3.63, 3.8) is 0 Å². The summed E-state index contributed by atoms with van der Waals surface area (Å²) >= 11 is 0. The van der Waals surface area contributed by atoms with Gasteiger partial charge in [0.25, 0.3) is 0 Å². The number of nitrogens with zero attached hydrogens (tertiary/aromatic N) is 3. The predicted molar refractivity (Wildman–Crippen MR) is 227 cm³/mol. The van der Waals surface area contributed by atoms with E-state index in [1.807, 2.05) is 84.9 Å². The highest BCUT2D eigenvalue weighted by Gasteiger charge is 2.19. The number of fused-ring (bicyclic) bond motifs is 6. The number of hydrogen-bond acceptors (Lipinski definition) is 5. The Morgan fingerprint density at radius 2 is 0.732 bits per heavy atom. The van der Waals surface area contributed by atoms with Gasteiger partial charge in [-0.25, -0.2) is 15.0 Å². The third kappa shape index (κ3) is 5.53. The largest absolute Gasteiger partial charge is 0.456 e. The van der Waals surface area contributed by atoms with Gasteiger partial charge in [0.2, 0.25) is 0 Å². The molecule has 262 valence electrons. The second kappa shape index (κ2) is 13.0. The minimum atomic E-state index is 0.624. The Bertz CT molecular complexity index is 3180. The Balaban J connectivity index is 1.04. The normalized spacial score (nSPS) is 11.6. The molecule has 5 nitrogen and oxygen atoms in total. The van der Waals surface area contributed by atoms with Crippen molar-refractivity contribution < 1.29 is 8.83 Å². The fourth-order valence-electron chi connectivity index (χ4n) is 7.75. The third-order valence-electron chi connectivity index (χ3n) is 10.5. The molecule has 0 aliphatic heterocycles. The smallest absolute Gasteiger partial charge is 0.164 e. The molecule has 0 saturated carbocycles. The molecule has 0 amide bonds. The van der Waals surface area contributed by atoms with E-state index in [-0.39, 0.29) is 0 Å². The van der Waals surface area contributed by atoms with E-state index in [2.05, 4.69) is 103 Å². The molecule has 11 aromatic rings. The summed E-state index contributed by atoms with van der Waals surface area (Å²) in [5.74, 6) is 1.90. The highest BCUT2D eigenvalue weighted by Crippen LogP contribution is 2.42. The lowest BCUT2D eigenvalue weighted by Crippen LogP contribution is -2.00. The summed E-state index contributed by atoms with van der Waals surface area (Å²) in [4.78, 5) is 14.8. The van der Waals surface area contributed by atoms with Crippen molar-refractivity contribution in [2.75, 3.05) is 0 Å². The van der Waals surface area contributed by atoms with Gasteiger partial charge in [0, 0.05) is 43.8 Å². The predicted octanol–water partition coefficient (Wildman–Crippen LogP) is 13.7. The standard InChI is InChI=1S/C51H31N3O2/c1-4-14-32(15-5-1)41-28-39(29-44-43-31-46-42(30-47(43)56-48(41)44)40-24-10-11-25-45(40)55-46)37-22-12-20-35(26-37)36-21-13-23-38(27-36)51-53-49(33-16-6-2-7-17-33)52-50(54-51)34-18-8-3-9-19-34/h1-31H. The maximum atomic E-state index is 6.72. The van der Waals surface area contributed by atoms with Crippen LogP contribution in [0.4, 0.5) is 0 Å². The first-order valence-electron chi connectivity index (χ1n) is 18.7. The van der Waals surface area contributed by atoms with Crippen LogP contribution in [0.2, 0.25) is 0 Å². The summed E-state index contributed by atoms with van der Waals surface area (Å²) in [6, 6.07) is 64.6. The first-order chi connectivity index (χ1) is 27.7. The van der Waals surface area contributed by atoms with Gasteiger partial charge in [-0.3, -0.25) is 0 Å². The highest BCUT2D eigenvalue weighted by atomic mass is 16.3. The molecule has 0 fully saturated rings. The number of benzene rings is 8. The molecule has 0 N–H and O–H groups in total. The number of aromatic nitrogens is 3. The third-order valence-corrected chi connectivity index (χ3v) is 10.5. The van der Waals surface area contributed by atoms with Crippen LogP contribution in [0.5, 0.6) is 0 Å². The molecular weight excluding hydrogens is 687 g/mol. The van der Waals surface area contributed by atoms with Crippen LogP contribution in [0.3, 0.4) is 0 Å². The zero-order valence-corrected chi connectivity index (χ0v) is 30.1. The summed E-state index contributed by atoms with van der Waals surface area (Å²) in [6.45, 7) is 0. The fraction of sp³-hybridized carbons (Fsp3) is 0. The van der Waals surface area contributed by atoms with Gasteiger partial charge in [0.05, 0.1) is 0 Å². The quantitative estimate of drug-likeness (QED) is 0.171. The molecule has 5 heteroatoms. The van der Waals surface area contributed by atoms with Gasteiger partial charge in [0.1, 0.15) is 22.3 Å². The van der Waals surface area contributed by atoms with Crippen molar-refractivity contribution in [3.05, 3.63) is 188 Å². The van der Waals surface area contributed by atoms with Crippen LogP contribution in [0, 0.1) is 0 Å². The molecule has 0 saturated heterocycles. The molecule has 3 aromatic heterocycles. The lowest BCUT2D eigenvalue weighted by molar-refractivity contribution is 0.664. The molecule has 8 aromatic carbocycles. The van der Waals surface area contributed by atoms with Crippen molar-refractivity contribution in [1.29, 1.82) is 0 Å². The number of hydrogen-bond donors (Lipinski definition) is 0. The Labute approximate surface area is 322 Å². The molecular formula is C51H31N3O2. The van der Waals surface area contributed by atoms with E-state index in [9.17, 15) is 0 Å². The minimum Gasteiger partial charge on any atom is -0.456 e. The fourth-order valence-corrected chi connectivity index (χ4v) is 7.75. The second-order valence-electron chi connectivity index (χ2n) is 14.0. The lowest BCUT2D eigenvalue weighted by atomic mass is 9.93. The van der Waals surface area contributed by atoms with Gasteiger partial charge < -0.3 is 8.83 Å². The van der Waals surface area contributed by atoms with Crippen molar-refractivity contribution >= 4 is 43.9 Å². The number of furan rings is 2. The van der Waals surface area contributed by atoms with Gasteiger partial charge in [-0.15, -0.1) is 0 Å².